The van der Waals surface area contributed by atoms with Crippen LogP contribution in [-0.4, -0.2) is 28.4 Å². The molecule has 0 fully saturated rings. The van der Waals surface area contributed by atoms with Crippen LogP contribution in [0.2, 0.25) is 6.32 Å². The minimum absolute atomic E-state index is 0.271. The van der Waals surface area contributed by atoms with Crippen LogP contribution in [0.4, 0.5) is 0 Å². The van der Waals surface area contributed by atoms with E-state index >= 15 is 0 Å². The van der Waals surface area contributed by atoms with Gasteiger partial charge in [-0.05, 0) is 19.2 Å². The molecule has 72 valence electrons. The second-order valence-corrected chi connectivity index (χ2v) is 3.21. The zero-order valence-corrected chi connectivity index (χ0v) is 7.74. The summed E-state index contributed by atoms with van der Waals surface area (Å²) in [5.74, 6) is 0. The van der Waals surface area contributed by atoms with Gasteiger partial charge in [-0.15, -0.1) is 0 Å². The molecule has 0 aromatic carbocycles. The molecule has 1 atom stereocenters. The fourth-order valence-corrected chi connectivity index (χ4v) is 1.12. The molecule has 4 heteroatoms. The maximum atomic E-state index is 9.30. The topological polar surface area (TPSA) is 60.7 Å². The van der Waals surface area contributed by atoms with Gasteiger partial charge in [0.2, 0.25) is 0 Å². The van der Waals surface area contributed by atoms with Crippen LogP contribution in [0.25, 0.3) is 0 Å². The Hall–Kier alpha value is -0.0551. The van der Waals surface area contributed by atoms with Gasteiger partial charge in [0.05, 0.1) is 6.10 Å². The fourth-order valence-electron chi connectivity index (χ4n) is 1.12. The van der Waals surface area contributed by atoms with Gasteiger partial charge in [0.25, 0.3) is 0 Å². The van der Waals surface area contributed by atoms with Gasteiger partial charge in [-0.1, -0.05) is 26.2 Å². The van der Waals surface area contributed by atoms with Crippen molar-refractivity contribution in [1.82, 2.24) is 0 Å². The molecule has 0 heterocycles. The zero-order valence-electron chi connectivity index (χ0n) is 7.74. The van der Waals surface area contributed by atoms with E-state index in [0.717, 1.165) is 25.7 Å². The predicted molar refractivity (Wildman–Crippen MR) is 49.8 cm³/mol. The van der Waals surface area contributed by atoms with Gasteiger partial charge in [0.1, 0.15) is 0 Å². The lowest BCUT2D eigenvalue weighted by Gasteiger charge is -2.08. The molecule has 0 bridgehead atoms. The van der Waals surface area contributed by atoms with Crippen molar-refractivity contribution in [3.8, 4) is 0 Å². The summed E-state index contributed by atoms with van der Waals surface area (Å²) in [7, 11) is -1.27. The van der Waals surface area contributed by atoms with Gasteiger partial charge in [-0.3, -0.25) is 0 Å². The molecule has 0 saturated carbocycles. The first-order valence-corrected chi connectivity index (χ1v) is 4.71. The molecule has 0 aliphatic heterocycles. The number of rotatable bonds is 7. The van der Waals surface area contributed by atoms with E-state index in [0.29, 0.717) is 6.42 Å². The Bertz CT molecular complexity index is 98.3. The van der Waals surface area contributed by atoms with Crippen LogP contribution in [-0.2, 0) is 0 Å². The van der Waals surface area contributed by atoms with Gasteiger partial charge >= 0.3 is 7.12 Å². The Morgan fingerprint density at radius 2 is 1.83 bits per heavy atom. The van der Waals surface area contributed by atoms with E-state index in [1.54, 1.807) is 0 Å². The van der Waals surface area contributed by atoms with E-state index in [9.17, 15) is 5.11 Å². The lowest BCUT2D eigenvalue weighted by Crippen LogP contribution is -2.15. The highest BCUT2D eigenvalue weighted by Gasteiger charge is 2.10. The lowest BCUT2D eigenvalue weighted by molar-refractivity contribution is 0.154. The maximum Gasteiger partial charge on any atom is 0.451 e. The highest BCUT2D eigenvalue weighted by molar-refractivity contribution is 6.40. The van der Waals surface area contributed by atoms with E-state index in [1.807, 2.05) is 0 Å². The molecular weight excluding hydrogens is 155 g/mol. The van der Waals surface area contributed by atoms with Gasteiger partial charge in [0.15, 0.2) is 0 Å². The van der Waals surface area contributed by atoms with Crippen LogP contribution >= 0.6 is 0 Å². The summed E-state index contributed by atoms with van der Waals surface area (Å²) in [5, 5.41) is 26.3. The second kappa shape index (κ2) is 7.59. The quantitative estimate of drug-likeness (QED) is 0.395. The predicted octanol–water partition coefficient (Wildman–Crippen LogP) is 0.790. The number of unbranched alkanes of at least 4 members (excludes halogenated alkanes) is 2. The number of aliphatic hydroxyl groups is 1. The maximum absolute atomic E-state index is 9.30. The lowest BCUT2D eigenvalue weighted by atomic mass is 9.82. The van der Waals surface area contributed by atoms with Crippen LogP contribution in [0.1, 0.15) is 39.0 Å². The third-order valence-corrected chi connectivity index (χ3v) is 1.90. The van der Waals surface area contributed by atoms with Crippen molar-refractivity contribution >= 4 is 7.12 Å². The zero-order chi connectivity index (χ0) is 9.40. The standard InChI is InChI=1S/C8H19BO3/c1-2-3-4-5-8(10)6-7-9(11)12/h8,10-12H,2-7H2,1H3/t8-/m0/s1. The summed E-state index contributed by atoms with van der Waals surface area (Å²) < 4.78 is 0. The molecule has 0 amide bonds. The molecule has 0 unspecified atom stereocenters. The van der Waals surface area contributed by atoms with E-state index < -0.39 is 7.12 Å². The normalized spacial score (nSPS) is 13.0. The average molecular weight is 174 g/mol. The molecule has 0 aliphatic rings. The van der Waals surface area contributed by atoms with E-state index in [2.05, 4.69) is 6.92 Å². The van der Waals surface area contributed by atoms with Crippen LogP contribution < -0.4 is 0 Å². The molecule has 0 radical (unpaired) electrons. The Labute approximate surface area is 74.6 Å². The van der Waals surface area contributed by atoms with Crippen molar-refractivity contribution in [3.63, 3.8) is 0 Å². The second-order valence-electron chi connectivity index (χ2n) is 3.21. The van der Waals surface area contributed by atoms with Gasteiger partial charge < -0.3 is 15.2 Å². The Morgan fingerprint density at radius 3 is 2.33 bits per heavy atom. The third-order valence-electron chi connectivity index (χ3n) is 1.90. The van der Waals surface area contributed by atoms with Crippen LogP contribution in [0.5, 0.6) is 0 Å². The highest BCUT2D eigenvalue weighted by Crippen LogP contribution is 2.08. The Kier molecular flexibility index (Phi) is 7.55. The van der Waals surface area contributed by atoms with Crippen molar-refractivity contribution in [2.24, 2.45) is 0 Å². The summed E-state index contributed by atoms with van der Waals surface area (Å²) in [5.41, 5.74) is 0. The summed E-state index contributed by atoms with van der Waals surface area (Å²) in [6, 6.07) is 0. The molecule has 0 rings (SSSR count). The van der Waals surface area contributed by atoms with E-state index in [1.165, 1.54) is 0 Å². The van der Waals surface area contributed by atoms with Gasteiger partial charge in [-0.25, -0.2) is 0 Å². The first kappa shape index (κ1) is 11.9. The SMILES string of the molecule is CCCCC[C@H](O)CCB(O)O. The largest absolute Gasteiger partial charge is 0.451 e. The minimum atomic E-state index is -1.27. The Morgan fingerprint density at radius 1 is 1.17 bits per heavy atom. The number of hydrogen-bond donors (Lipinski definition) is 3. The summed E-state index contributed by atoms with van der Waals surface area (Å²) in [6.45, 7) is 2.11. The minimum Gasteiger partial charge on any atom is -0.427 e. The molecule has 0 saturated heterocycles. The number of hydrogen-bond acceptors (Lipinski definition) is 3. The molecule has 0 aromatic heterocycles. The van der Waals surface area contributed by atoms with Crippen molar-refractivity contribution < 1.29 is 15.2 Å². The molecule has 0 spiro atoms. The summed E-state index contributed by atoms with van der Waals surface area (Å²) in [4.78, 5) is 0. The van der Waals surface area contributed by atoms with E-state index in [-0.39, 0.29) is 12.4 Å². The molecule has 12 heavy (non-hydrogen) atoms. The van der Waals surface area contributed by atoms with Gasteiger partial charge in [0, 0.05) is 0 Å². The monoisotopic (exact) mass is 174 g/mol. The number of aliphatic hydroxyl groups excluding tert-OH is 1. The summed E-state index contributed by atoms with van der Waals surface area (Å²) >= 11 is 0. The van der Waals surface area contributed by atoms with Gasteiger partial charge in [-0.2, -0.15) is 0 Å². The first-order valence-electron chi connectivity index (χ1n) is 4.71. The Balaban J connectivity index is 3.15. The van der Waals surface area contributed by atoms with Crippen molar-refractivity contribution in [3.05, 3.63) is 0 Å². The van der Waals surface area contributed by atoms with Crippen molar-refractivity contribution in [1.29, 1.82) is 0 Å². The molecule has 0 aliphatic carbocycles. The highest BCUT2D eigenvalue weighted by atomic mass is 16.4. The molecule has 3 N–H and O–H groups in total. The fraction of sp³-hybridized carbons (Fsp3) is 1.00. The van der Waals surface area contributed by atoms with Crippen LogP contribution in [0.15, 0.2) is 0 Å². The smallest absolute Gasteiger partial charge is 0.427 e. The molecule has 0 aromatic rings. The average Bonchev–Trinajstić information content (AvgIpc) is 2.01. The first-order chi connectivity index (χ1) is 5.66. The third kappa shape index (κ3) is 8.05. The van der Waals surface area contributed by atoms with Crippen LogP contribution in [0.3, 0.4) is 0 Å². The van der Waals surface area contributed by atoms with Crippen molar-refractivity contribution in [2.45, 2.75) is 51.5 Å². The molecular formula is C8H19BO3. The van der Waals surface area contributed by atoms with Crippen LogP contribution in [0, 0.1) is 0 Å². The van der Waals surface area contributed by atoms with E-state index in [4.69, 9.17) is 10.0 Å². The summed E-state index contributed by atoms with van der Waals surface area (Å²) in [6.07, 6.45) is 4.49. The molecule has 3 nitrogen and oxygen atoms in total. The van der Waals surface area contributed by atoms with Crippen molar-refractivity contribution in [2.75, 3.05) is 0 Å².